The number of anilines is 1. The van der Waals surface area contributed by atoms with Gasteiger partial charge in [0.05, 0.1) is 17.2 Å². The van der Waals surface area contributed by atoms with Gasteiger partial charge in [0.2, 0.25) is 5.56 Å². The van der Waals surface area contributed by atoms with Gasteiger partial charge in [-0.1, -0.05) is 28.1 Å². The summed E-state index contributed by atoms with van der Waals surface area (Å²) < 4.78 is 7.01. The Bertz CT molecular complexity index is 1170. The molecule has 7 heteroatoms. The first-order valence-electron chi connectivity index (χ1n) is 9.40. The molecule has 1 aliphatic rings. The van der Waals surface area contributed by atoms with Crippen molar-refractivity contribution in [3.8, 4) is 5.75 Å². The zero-order valence-corrected chi connectivity index (χ0v) is 18.0. The SMILES string of the molecule is Cc1ccc2[nH]c(=O)ccc2c1NC(=O)N[C@@H]1CC(C)(C)Oc2cc(Br)ccc21. The molecule has 2 aromatic carbocycles. The molecule has 3 N–H and O–H groups in total. The van der Waals surface area contributed by atoms with Gasteiger partial charge in [-0.25, -0.2) is 4.79 Å². The molecule has 0 saturated carbocycles. The molecule has 6 nitrogen and oxygen atoms in total. The molecule has 150 valence electrons. The number of ether oxygens (including phenoxy) is 1. The van der Waals surface area contributed by atoms with Gasteiger partial charge in [0.25, 0.3) is 0 Å². The Hall–Kier alpha value is -2.80. The van der Waals surface area contributed by atoms with Gasteiger partial charge in [-0.3, -0.25) is 4.79 Å². The second kappa shape index (κ2) is 7.22. The number of carbonyl (C=O) groups is 1. The van der Waals surface area contributed by atoms with E-state index in [0.717, 1.165) is 26.7 Å². The van der Waals surface area contributed by atoms with Crippen molar-refractivity contribution < 1.29 is 9.53 Å². The number of urea groups is 1. The number of hydrogen-bond donors (Lipinski definition) is 3. The number of aromatic amines is 1. The van der Waals surface area contributed by atoms with Crippen LogP contribution in [0.1, 0.15) is 37.4 Å². The second-order valence-electron chi connectivity index (χ2n) is 7.94. The van der Waals surface area contributed by atoms with Crippen LogP contribution < -0.4 is 20.9 Å². The van der Waals surface area contributed by atoms with Gasteiger partial charge in [0.1, 0.15) is 11.4 Å². The zero-order chi connectivity index (χ0) is 20.8. The Morgan fingerprint density at radius 2 is 2.00 bits per heavy atom. The van der Waals surface area contributed by atoms with Crippen LogP contribution in [-0.4, -0.2) is 16.6 Å². The number of fused-ring (bicyclic) bond motifs is 2. The molecule has 0 bridgehead atoms. The van der Waals surface area contributed by atoms with E-state index in [9.17, 15) is 9.59 Å². The first-order valence-corrected chi connectivity index (χ1v) is 10.2. The van der Waals surface area contributed by atoms with Gasteiger partial charge < -0.3 is 20.4 Å². The molecule has 0 fully saturated rings. The number of aromatic nitrogens is 1. The third kappa shape index (κ3) is 4.00. The number of aryl methyl sites for hydroxylation is 1. The molecule has 0 aliphatic carbocycles. The average Bonchev–Trinajstić information content (AvgIpc) is 2.62. The summed E-state index contributed by atoms with van der Waals surface area (Å²) in [4.78, 5) is 27.3. The highest BCUT2D eigenvalue weighted by Gasteiger charge is 2.34. The maximum absolute atomic E-state index is 12.9. The van der Waals surface area contributed by atoms with Crippen molar-refractivity contribution in [2.24, 2.45) is 0 Å². The van der Waals surface area contributed by atoms with Gasteiger partial charge in [0, 0.05) is 27.9 Å². The van der Waals surface area contributed by atoms with E-state index in [1.165, 1.54) is 6.07 Å². The number of pyridine rings is 1. The molecular formula is C22H22BrN3O3. The molecule has 29 heavy (non-hydrogen) atoms. The standard InChI is InChI=1S/C22H22BrN3O3/c1-12-4-8-16-15(7-9-19(27)24-16)20(12)26-21(28)25-17-11-22(2,3)29-18-10-13(23)5-6-14(17)18/h4-10,17H,11H2,1-3H3,(H,24,27)(H2,25,26,28)/t17-/m1/s1. The largest absolute Gasteiger partial charge is 0.487 e. The Balaban J connectivity index is 1.62. The molecule has 2 heterocycles. The first kappa shape index (κ1) is 19.5. The van der Waals surface area contributed by atoms with Crippen LogP contribution in [0.15, 0.2) is 51.7 Å². The fourth-order valence-electron chi connectivity index (χ4n) is 3.77. The third-order valence-electron chi connectivity index (χ3n) is 5.09. The van der Waals surface area contributed by atoms with E-state index < -0.39 is 5.60 Å². The lowest BCUT2D eigenvalue weighted by molar-refractivity contribution is 0.0682. The molecule has 2 amide bonds. The number of carbonyl (C=O) groups excluding carboxylic acids is 1. The molecule has 0 saturated heterocycles. The number of H-pyrrole nitrogens is 1. The van der Waals surface area contributed by atoms with Gasteiger partial charge in [-0.15, -0.1) is 0 Å². The van der Waals surface area contributed by atoms with Crippen molar-refractivity contribution in [2.75, 3.05) is 5.32 Å². The third-order valence-corrected chi connectivity index (χ3v) is 5.58. The van der Waals surface area contributed by atoms with Gasteiger partial charge in [-0.2, -0.15) is 0 Å². The van der Waals surface area contributed by atoms with E-state index >= 15 is 0 Å². The van der Waals surface area contributed by atoms with Crippen LogP contribution in [0.5, 0.6) is 5.75 Å². The summed E-state index contributed by atoms with van der Waals surface area (Å²) in [6.07, 6.45) is 0.650. The molecule has 0 radical (unpaired) electrons. The molecule has 3 aromatic rings. The highest BCUT2D eigenvalue weighted by molar-refractivity contribution is 9.10. The fraction of sp³-hybridized carbons (Fsp3) is 0.273. The maximum Gasteiger partial charge on any atom is 0.319 e. The van der Waals surface area contributed by atoms with E-state index in [1.54, 1.807) is 6.07 Å². The Kier molecular flexibility index (Phi) is 4.86. The van der Waals surface area contributed by atoms with Gasteiger partial charge in [0.15, 0.2) is 0 Å². The van der Waals surface area contributed by atoms with E-state index in [0.29, 0.717) is 17.6 Å². The topological polar surface area (TPSA) is 83.2 Å². The number of nitrogens with one attached hydrogen (secondary N) is 3. The maximum atomic E-state index is 12.9. The minimum Gasteiger partial charge on any atom is -0.487 e. The quantitative estimate of drug-likeness (QED) is 0.506. The molecule has 0 unspecified atom stereocenters. The first-order chi connectivity index (χ1) is 13.7. The van der Waals surface area contributed by atoms with Gasteiger partial charge in [-0.05, 0) is 50.6 Å². The minimum atomic E-state index is -0.402. The van der Waals surface area contributed by atoms with Gasteiger partial charge >= 0.3 is 6.03 Å². The highest BCUT2D eigenvalue weighted by Crippen LogP contribution is 2.40. The Morgan fingerprint density at radius 1 is 1.21 bits per heavy atom. The number of halogens is 1. The monoisotopic (exact) mass is 455 g/mol. The van der Waals surface area contributed by atoms with Crippen LogP contribution in [0, 0.1) is 6.92 Å². The molecule has 1 aliphatic heterocycles. The summed E-state index contributed by atoms with van der Waals surface area (Å²) in [5.74, 6) is 0.764. The van der Waals surface area contributed by atoms with Crippen LogP contribution in [0.2, 0.25) is 0 Å². The molecule has 1 aromatic heterocycles. The summed E-state index contributed by atoms with van der Waals surface area (Å²) in [6.45, 7) is 5.94. The molecule has 4 rings (SSSR count). The van der Waals surface area contributed by atoms with Crippen molar-refractivity contribution in [1.29, 1.82) is 0 Å². The van der Waals surface area contributed by atoms with E-state index in [4.69, 9.17) is 4.74 Å². The van der Waals surface area contributed by atoms with E-state index in [2.05, 4.69) is 31.5 Å². The molecular weight excluding hydrogens is 434 g/mol. The predicted octanol–water partition coefficient (Wildman–Crippen LogP) is 5.02. The van der Waals surface area contributed by atoms with Crippen molar-refractivity contribution >= 4 is 38.6 Å². The zero-order valence-electron chi connectivity index (χ0n) is 16.4. The van der Waals surface area contributed by atoms with Crippen LogP contribution >= 0.6 is 15.9 Å². The lowest BCUT2D eigenvalue weighted by atomic mass is 9.90. The number of amides is 2. The van der Waals surface area contributed by atoms with Crippen LogP contribution in [-0.2, 0) is 0 Å². The Labute approximate surface area is 176 Å². The van der Waals surface area contributed by atoms with Crippen LogP contribution in [0.4, 0.5) is 10.5 Å². The van der Waals surface area contributed by atoms with Crippen molar-refractivity contribution in [1.82, 2.24) is 10.3 Å². The number of hydrogen-bond acceptors (Lipinski definition) is 3. The fourth-order valence-corrected chi connectivity index (χ4v) is 4.11. The predicted molar refractivity (Wildman–Crippen MR) is 118 cm³/mol. The van der Waals surface area contributed by atoms with E-state index in [-0.39, 0.29) is 17.6 Å². The van der Waals surface area contributed by atoms with E-state index in [1.807, 2.05) is 51.1 Å². The Morgan fingerprint density at radius 3 is 2.79 bits per heavy atom. The van der Waals surface area contributed by atoms with Crippen molar-refractivity contribution in [2.45, 2.75) is 38.8 Å². The lowest BCUT2D eigenvalue weighted by Gasteiger charge is -2.38. The van der Waals surface area contributed by atoms with Crippen LogP contribution in [0.3, 0.4) is 0 Å². The normalized spacial score (nSPS) is 17.3. The summed E-state index contributed by atoms with van der Waals surface area (Å²) in [5, 5.41) is 6.84. The van der Waals surface area contributed by atoms with Crippen LogP contribution in [0.25, 0.3) is 10.9 Å². The summed E-state index contributed by atoms with van der Waals surface area (Å²) in [5.41, 5.74) is 2.64. The summed E-state index contributed by atoms with van der Waals surface area (Å²) in [6, 6.07) is 12.2. The smallest absolute Gasteiger partial charge is 0.319 e. The van der Waals surface area contributed by atoms with Crippen molar-refractivity contribution in [3.05, 3.63) is 68.4 Å². The van der Waals surface area contributed by atoms with Crippen molar-refractivity contribution in [3.63, 3.8) is 0 Å². The summed E-state index contributed by atoms with van der Waals surface area (Å²) >= 11 is 3.47. The lowest BCUT2D eigenvalue weighted by Crippen LogP contribution is -2.42. The highest BCUT2D eigenvalue weighted by atomic mass is 79.9. The molecule has 0 spiro atoms. The second-order valence-corrected chi connectivity index (χ2v) is 8.86. The number of benzene rings is 2. The summed E-state index contributed by atoms with van der Waals surface area (Å²) in [7, 11) is 0. The average molecular weight is 456 g/mol. The molecule has 1 atom stereocenters. The minimum absolute atomic E-state index is 0.177. The number of rotatable bonds is 2.